The first-order valence-corrected chi connectivity index (χ1v) is 8.48. The lowest BCUT2D eigenvalue weighted by molar-refractivity contribution is -0.120. The van der Waals surface area contributed by atoms with Crippen molar-refractivity contribution in [2.45, 2.75) is 13.0 Å². The van der Waals surface area contributed by atoms with Gasteiger partial charge in [0, 0.05) is 38.1 Å². The number of hydrogen-bond donors (Lipinski definition) is 1. The molecule has 1 aromatic carbocycles. The number of anilines is 2. The van der Waals surface area contributed by atoms with E-state index in [1.54, 1.807) is 12.1 Å². The summed E-state index contributed by atoms with van der Waals surface area (Å²) < 4.78 is 0. The Balaban J connectivity index is 1.53. The van der Waals surface area contributed by atoms with Crippen molar-refractivity contribution in [2.24, 2.45) is 0 Å². The quantitative estimate of drug-likeness (QED) is 0.926. The Labute approximate surface area is 147 Å². The van der Waals surface area contributed by atoms with E-state index in [0.29, 0.717) is 10.8 Å². The number of halogens is 1. The van der Waals surface area contributed by atoms with Gasteiger partial charge >= 0.3 is 0 Å². The smallest absolute Gasteiger partial charge is 0.242 e. The minimum atomic E-state index is -0.194. The lowest BCUT2D eigenvalue weighted by Gasteiger charge is -2.38. The molecule has 2 heterocycles. The molecule has 1 saturated heterocycles. The van der Waals surface area contributed by atoms with Crippen molar-refractivity contribution < 1.29 is 4.79 Å². The molecule has 2 aromatic rings. The van der Waals surface area contributed by atoms with Crippen LogP contribution in [0.25, 0.3) is 0 Å². The number of rotatable bonds is 4. The fourth-order valence-corrected chi connectivity index (χ4v) is 2.96. The molecule has 5 nitrogen and oxygen atoms in total. The van der Waals surface area contributed by atoms with Crippen molar-refractivity contribution >= 4 is 29.0 Å². The maximum Gasteiger partial charge on any atom is 0.242 e. The van der Waals surface area contributed by atoms with Crippen molar-refractivity contribution in [1.82, 2.24) is 9.88 Å². The lowest BCUT2D eigenvalue weighted by atomic mass is 10.2. The number of carbonyl (C=O) groups is 1. The summed E-state index contributed by atoms with van der Waals surface area (Å²) in [6.45, 7) is 5.49. The second-order valence-electron chi connectivity index (χ2n) is 5.89. The van der Waals surface area contributed by atoms with Gasteiger partial charge in [-0.1, -0.05) is 29.8 Å². The minimum Gasteiger partial charge on any atom is -0.369 e. The van der Waals surface area contributed by atoms with Crippen LogP contribution in [-0.4, -0.2) is 48.0 Å². The van der Waals surface area contributed by atoms with Gasteiger partial charge in [0.2, 0.25) is 5.91 Å². The number of amides is 1. The minimum absolute atomic E-state index is 0.0435. The fourth-order valence-electron chi connectivity index (χ4n) is 2.85. The molecule has 24 heavy (non-hydrogen) atoms. The summed E-state index contributed by atoms with van der Waals surface area (Å²) in [6, 6.07) is 13.6. The topological polar surface area (TPSA) is 48.5 Å². The van der Waals surface area contributed by atoms with Gasteiger partial charge in [-0.3, -0.25) is 9.69 Å². The van der Waals surface area contributed by atoms with Crippen molar-refractivity contribution in [3.05, 3.63) is 53.7 Å². The third-order valence-corrected chi connectivity index (χ3v) is 4.57. The summed E-state index contributed by atoms with van der Waals surface area (Å²) in [6.07, 6.45) is 1.53. The van der Waals surface area contributed by atoms with Crippen LogP contribution in [0, 0.1) is 0 Å². The number of carbonyl (C=O) groups excluding carboxylic acids is 1. The summed E-state index contributed by atoms with van der Waals surface area (Å²) >= 11 is 5.81. The molecule has 1 aliphatic heterocycles. The zero-order valence-corrected chi connectivity index (χ0v) is 14.4. The first-order chi connectivity index (χ1) is 11.6. The first-order valence-electron chi connectivity index (χ1n) is 8.10. The molecule has 126 valence electrons. The van der Waals surface area contributed by atoms with E-state index in [9.17, 15) is 4.79 Å². The molecule has 1 atom stereocenters. The highest BCUT2D eigenvalue weighted by Gasteiger charge is 2.25. The second-order valence-corrected chi connectivity index (χ2v) is 6.32. The molecule has 0 bridgehead atoms. The zero-order chi connectivity index (χ0) is 16.9. The van der Waals surface area contributed by atoms with Crippen LogP contribution in [0.4, 0.5) is 11.5 Å². The van der Waals surface area contributed by atoms with Gasteiger partial charge in [-0.05, 0) is 31.2 Å². The molecular formula is C18H21ClN4O. The standard InChI is InChI=1S/C18H21ClN4O/c1-14(18(24)21-17-8-7-15(19)13-20-17)22-9-11-23(12-10-22)16-5-3-2-4-6-16/h2-8,13-14H,9-12H2,1H3,(H,20,21,24)/t14-/m0/s1. The van der Waals surface area contributed by atoms with Gasteiger partial charge in [-0.15, -0.1) is 0 Å². The molecule has 0 unspecified atom stereocenters. The SMILES string of the molecule is C[C@@H](C(=O)Nc1ccc(Cl)cn1)N1CCN(c2ccccc2)CC1. The highest BCUT2D eigenvalue weighted by atomic mass is 35.5. The van der Waals surface area contributed by atoms with Crippen LogP contribution < -0.4 is 10.2 Å². The van der Waals surface area contributed by atoms with E-state index < -0.39 is 0 Å². The van der Waals surface area contributed by atoms with Gasteiger partial charge in [0.05, 0.1) is 11.1 Å². The van der Waals surface area contributed by atoms with Gasteiger partial charge < -0.3 is 10.2 Å². The Hall–Kier alpha value is -2.11. The molecule has 0 saturated carbocycles. The molecule has 0 radical (unpaired) electrons. The van der Waals surface area contributed by atoms with Crippen molar-refractivity contribution in [2.75, 3.05) is 36.4 Å². The van der Waals surface area contributed by atoms with E-state index in [0.717, 1.165) is 26.2 Å². The number of benzene rings is 1. The van der Waals surface area contributed by atoms with Crippen LogP contribution in [0.2, 0.25) is 5.02 Å². The predicted octanol–water partition coefficient (Wildman–Crippen LogP) is 2.88. The van der Waals surface area contributed by atoms with Crippen molar-refractivity contribution in [3.63, 3.8) is 0 Å². The zero-order valence-electron chi connectivity index (χ0n) is 13.7. The van der Waals surface area contributed by atoms with E-state index in [-0.39, 0.29) is 11.9 Å². The maximum absolute atomic E-state index is 12.4. The van der Waals surface area contributed by atoms with Gasteiger partial charge in [-0.25, -0.2) is 4.98 Å². The van der Waals surface area contributed by atoms with Crippen LogP contribution in [0.5, 0.6) is 0 Å². The van der Waals surface area contributed by atoms with Crippen LogP contribution >= 0.6 is 11.6 Å². The van der Waals surface area contributed by atoms with Gasteiger partial charge in [0.1, 0.15) is 5.82 Å². The maximum atomic E-state index is 12.4. The van der Waals surface area contributed by atoms with E-state index in [1.807, 2.05) is 13.0 Å². The Morgan fingerprint density at radius 2 is 1.83 bits per heavy atom. The van der Waals surface area contributed by atoms with Crippen molar-refractivity contribution in [3.8, 4) is 0 Å². The molecule has 6 heteroatoms. The molecule has 3 rings (SSSR count). The van der Waals surface area contributed by atoms with Gasteiger partial charge in [-0.2, -0.15) is 0 Å². The van der Waals surface area contributed by atoms with Crippen LogP contribution in [-0.2, 0) is 4.79 Å². The van der Waals surface area contributed by atoms with Crippen LogP contribution in [0.1, 0.15) is 6.92 Å². The van der Waals surface area contributed by atoms with Crippen LogP contribution in [0.3, 0.4) is 0 Å². The normalized spacial score (nSPS) is 16.7. The van der Waals surface area contributed by atoms with Gasteiger partial charge in [0.15, 0.2) is 0 Å². The Morgan fingerprint density at radius 1 is 1.12 bits per heavy atom. The molecule has 1 fully saturated rings. The average molecular weight is 345 g/mol. The van der Waals surface area contributed by atoms with E-state index in [2.05, 4.69) is 44.4 Å². The highest BCUT2D eigenvalue weighted by molar-refractivity contribution is 6.30. The molecule has 1 N–H and O–H groups in total. The third kappa shape index (κ3) is 4.04. The number of nitrogens with zero attached hydrogens (tertiary/aromatic N) is 3. The average Bonchev–Trinajstić information content (AvgIpc) is 2.64. The monoisotopic (exact) mass is 344 g/mol. The number of aromatic nitrogens is 1. The second kappa shape index (κ2) is 7.64. The van der Waals surface area contributed by atoms with Crippen molar-refractivity contribution in [1.29, 1.82) is 0 Å². The van der Waals surface area contributed by atoms with Crippen LogP contribution in [0.15, 0.2) is 48.7 Å². The lowest BCUT2D eigenvalue weighted by Crippen LogP contribution is -2.52. The number of para-hydroxylation sites is 1. The highest BCUT2D eigenvalue weighted by Crippen LogP contribution is 2.17. The first kappa shape index (κ1) is 16.7. The molecule has 1 amide bonds. The summed E-state index contributed by atoms with van der Waals surface area (Å²) in [5.74, 6) is 0.483. The molecular weight excluding hydrogens is 324 g/mol. The summed E-state index contributed by atoms with van der Waals surface area (Å²) in [7, 11) is 0. The van der Waals surface area contributed by atoms with Gasteiger partial charge in [0.25, 0.3) is 0 Å². The third-order valence-electron chi connectivity index (χ3n) is 4.34. The summed E-state index contributed by atoms with van der Waals surface area (Å²) in [4.78, 5) is 21.1. The van der Waals surface area contributed by atoms with E-state index in [4.69, 9.17) is 11.6 Å². The largest absolute Gasteiger partial charge is 0.369 e. The Bertz CT molecular complexity index is 669. The fraction of sp³-hybridized carbons (Fsp3) is 0.333. The number of piperazine rings is 1. The number of hydrogen-bond acceptors (Lipinski definition) is 4. The number of nitrogens with one attached hydrogen (secondary N) is 1. The number of pyridine rings is 1. The molecule has 0 spiro atoms. The van der Waals surface area contributed by atoms with E-state index >= 15 is 0 Å². The Morgan fingerprint density at radius 3 is 2.46 bits per heavy atom. The molecule has 0 aliphatic carbocycles. The molecule has 1 aromatic heterocycles. The summed E-state index contributed by atoms with van der Waals surface area (Å²) in [5.41, 5.74) is 1.24. The summed E-state index contributed by atoms with van der Waals surface area (Å²) in [5, 5.41) is 3.40. The van der Waals surface area contributed by atoms with E-state index in [1.165, 1.54) is 11.9 Å². The predicted molar refractivity (Wildman–Crippen MR) is 97.6 cm³/mol. The Kier molecular flexibility index (Phi) is 5.33. The molecule has 1 aliphatic rings.